The number of anilines is 1. The molecule has 1 aromatic rings. The number of nitrogens with zero attached hydrogens (tertiary/aromatic N) is 3. The summed E-state index contributed by atoms with van der Waals surface area (Å²) in [6.07, 6.45) is 0.687. The molecule has 1 rings (SSSR count). The fourth-order valence-electron chi connectivity index (χ4n) is 1.60. The van der Waals surface area contributed by atoms with E-state index in [0.29, 0.717) is 17.8 Å². The predicted octanol–water partition coefficient (Wildman–Crippen LogP) is 0.0175. The molecular weight excluding hydrogens is 220 g/mol. The zero-order valence-corrected chi connectivity index (χ0v) is 10.8. The van der Waals surface area contributed by atoms with Gasteiger partial charge in [0.05, 0.1) is 24.0 Å². The average molecular weight is 240 g/mol. The minimum Gasteiger partial charge on any atom is -0.395 e. The number of aromatic nitrogens is 2. The highest BCUT2D eigenvalue weighted by molar-refractivity contribution is 5.98. The number of aliphatic hydroxyl groups excluding tert-OH is 1. The van der Waals surface area contributed by atoms with E-state index in [2.05, 4.69) is 5.10 Å². The maximum Gasteiger partial charge on any atom is 0.274 e. The molecule has 0 aliphatic carbocycles. The van der Waals surface area contributed by atoms with Crippen LogP contribution in [0.25, 0.3) is 0 Å². The number of carbonyl (C=O) groups is 1. The number of amides is 1. The molecule has 17 heavy (non-hydrogen) atoms. The van der Waals surface area contributed by atoms with E-state index in [1.165, 1.54) is 9.58 Å². The number of hydrogen-bond acceptors (Lipinski definition) is 4. The lowest BCUT2D eigenvalue weighted by Gasteiger charge is -2.23. The number of rotatable bonds is 4. The van der Waals surface area contributed by atoms with E-state index in [9.17, 15) is 4.79 Å². The third-order valence-corrected chi connectivity index (χ3v) is 2.94. The van der Waals surface area contributed by atoms with Crippen LogP contribution in [0, 0.1) is 0 Å². The number of nitrogens with two attached hydrogens (primary N) is 1. The molecule has 0 radical (unpaired) electrons. The normalized spacial score (nSPS) is 12.5. The van der Waals surface area contributed by atoms with Gasteiger partial charge in [0, 0.05) is 14.1 Å². The summed E-state index contributed by atoms with van der Waals surface area (Å²) < 4.78 is 1.50. The van der Waals surface area contributed by atoms with E-state index in [-0.39, 0.29) is 18.6 Å². The number of carbonyl (C=O) groups excluding carboxylic acids is 1. The van der Waals surface area contributed by atoms with Gasteiger partial charge in [0.15, 0.2) is 0 Å². The molecule has 6 nitrogen and oxygen atoms in total. The molecule has 1 amide bonds. The van der Waals surface area contributed by atoms with Crippen LogP contribution in [0.4, 0.5) is 5.69 Å². The zero-order chi connectivity index (χ0) is 13.2. The summed E-state index contributed by atoms with van der Waals surface area (Å²) in [6.45, 7) is 3.62. The van der Waals surface area contributed by atoms with Gasteiger partial charge in [-0.05, 0) is 13.3 Å². The summed E-state index contributed by atoms with van der Waals surface area (Å²) in [5.74, 6) is -0.223. The van der Waals surface area contributed by atoms with Crippen LogP contribution >= 0.6 is 0 Å². The van der Waals surface area contributed by atoms with Crippen LogP contribution in [-0.4, -0.2) is 45.4 Å². The van der Waals surface area contributed by atoms with Crippen molar-refractivity contribution in [2.75, 3.05) is 19.4 Å². The Kier molecular flexibility index (Phi) is 4.11. The molecule has 6 heteroatoms. The van der Waals surface area contributed by atoms with Crippen LogP contribution in [0.15, 0.2) is 0 Å². The van der Waals surface area contributed by atoms with Gasteiger partial charge in [-0.1, -0.05) is 6.92 Å². The quantitative estimate of drug-likeness (QED) is 0.777. The van der Waals surface area contributed by atoms with Crippen molar-refractivity contribution in [1.82, 2.24) is 14.7 Å². The van der Waals surface area contributed by atoms with Crippen molar-refractivity contribution >= 4 is 11.6 Å². The first-order valence-corrected chi connectivity index (χ1v) is 5.63. The summed E-state index contributed by atoms with van der Waals surface area (Å²) >= 11 is 0. The Morgan fingerprint density at radius 3 is 2.65 bits per heavy atom. The summed E-state index contributed by atoms with van der Waals surface area (Å²) in [5, 5.41) is 13.2. The number of aliphatic hydroxyl groups is 1. The Balaban J connectivity index is 3.08. The second-order valence-electron chi connectivity index (χ2n) is 4.13. The summed E-state index contributed by atoms with van der Waals surface area (Å²) in [7, 11) is 3.33. The molecule has 0 aromatic carbocycles. The SMILES string of the molecule is CCc1nn(C)c(C(=O)N(C)C(C)CO)c1N. The Morgan fingerprint density at radius 2 is 2.24 bits per heavy atom. The van der Waals surface area contributed by atoms with E-state index < -0.39 is 0 Å². The Bertz CT molecular complexity index is 414. The molecule has 0 fully saturated rings. The van der Waals surface area contributed by atoms with Crippen LogP contribution < -0.4 is 5.73 Å². The summed E-state index contributed by atoms with van der Waals surface area (Å²) in [4.78, 5) is 13.7. The third kappa shape index (κ3) is 2.41. The van der Waals surface area contributed by atoms with Crippen LogP contribution in [0.2, 0.25) is 0 Å². The first-order chi connectivity index (χ1) is 7.93. The van der Waals surface area contributed by atoms with Crippen molar-refractivity contribution in [3.05, 3.63) is 11.4 Å². The standard InChI is InChI=1S/C11H20N4O2/c1-5-8-9(12)10(15(4)13-8)11(17)14(3)7(2)6-16/h7,16H,5-6,12H2,1-4H3. The topological polar surface area (TPSA) is 84.4 Å². The smallest absolute Gasteiger partial charge is 0.274 e. The molecule has 0 spiro atoms. The second kappa shape index (κ2) is 5.18. The van der Waals surface area contributed by atoms with Crippen LogP contribution in [0.5, 0.6) is 0 Å². The van der Waals surface area contributed by atoms with Crippen molar-refractivity contribution in [1.29, 1.82) is 0 Å². The predicted molar refractivity (Wildman–Crippen MR) is 65.6 cm³/mol. The van der Waals surface area contributed by atoms with Crippen LogP contribution in [0.1, 0.15) is 30.0 Å². The van der Waals surface area contributed by atoms with E-state index in [4.69, 9.17) is 10.8 Å². The number of nitrogen functional groups attached to an aromatic ring is 1. The van der Waals surface area contributed by atoms with Gasteiger partial charge in [-0.2, -0.15) is 5.10 Å². The van der Waals surface area contributed by atoms with E-state index in [1.807, 2.05) is 6.92 Å². The van der Waals surface area contributed by atoms with Crippen molar-refractivity contribution in [2.45, 2.75) is 26.3 Å². The van der Waals surface area contributed by atoms with E-state index >= 15 is 0 Å². The molecule has 1 aromatic heterocycles. The summed E-state index contributed by atoms with van der Waals surface area (Å²) in [6, 6.07) is -0.248. The molecule has 0 saturated heterocycles. The zero-order valence-electron chi connectivity index (χ0n) is 10.8. The molecular formula is C11H20N4O2. The minimum atomic E-state index is -0.248. The van der Waals surface area contributed by atoms with E-state index in [1.54, 1.807) is 21.0 Å². The summed E-state index contributed by atoms with van der Waals surface area (Å²) in [5.41, 5.74) is 7.43. The fraction of sp³-hybridized carbons (Fsp3) is 0.636. The molecule has 3 N–H and O–H groups in total. The maximum atomic E-state index is 12.2. The molecule has 1 atom stereocenters. The lowest BCUT2D eigenvalue weighted by atomic mass is 10.2. The van der Waals surface area contributed by atoms with Crippen LogP contribution in [-0.2, 0) is 13.5 Å². The van der Waals surface area contributed by atoms with Gasteiger partial charge < -0.3 is 15.7 Å². The number of aryl methyl sites for hydroxylation is 2. The average Bonchev–Trinajstić information content (AvgIpc) is 2.61. The van der Waals surface area contributed by atoms with Crippen molar-refractivity contribution < 1.29 is 9.90 Å². The Morgan fingerprint density at radius 1 is 1.65 bits per heavy atom. The molecule has 1 unspecified atom stereocenters. The van der Waals surface area contributed by atoms with Gasteiger partial charge >= 0.3 is 0 Å². The lowest BCUT2D eigenvalue weighted by molar-refractivity contribution is 0.0672. The van der Waals surface area contributed by atoms with Gasteiger partial charge in [-0.15, -0.1) is 0 Å². The Hall–Kier alpha value is -1.56. The van der Waals surface area contributed by atoms with Gasteiger partial charge in [0.1, 0.15) is 5.69 Å². The van der Waals surface area contributed by atoms with Crippen molar-refractivity contribution in [3.8, 4) is 0 Å². The van der Waals surface area contributed by atoms with Gasteiger partial charge in [-0.3, -0.25) is 9.48 Å². The molecule has 0 bridgehead atoms. The van der Waals surface area contributed by atoms with E-state index in [0.717, 1.165) is 5.69 Å². The second-order valence-corrected chi connectivity index (χ2v) is 4.13. The molecule has 0 saturated carbocycles. The largest absolute Gasteiger partial charge is 0.395 e. The minimum absolute atomic E-state index is 0.0827. The highest BCUT2D eigenvalue weighted by atomic mass is 16.3. The van der Waals surface area contributed by atoms with Crippen LogP contribution in [0.3, 0.4) is 0 Å². The number of hydrogen-bond donors (Lipinski definition) is 2. The number of likely N-dealkylation sites (N-methyl/N-ethyl adjacent to an activating group) is 1. The molecule has 0 aliphatic rings. The molecule has 1 heterocycles. The first kappa shape index (κ1) is 13.5. The Labute approximate surface area is 101 Å². The first-order valence-electron chi connectivity index (χ1n) is 5.63. The highest BCUT2D eigenvalue weighted by Crippen LogP contribution is 2.19. The van der Waals surface area contributed by atoms with Gasteiger partial charge in [0.25, 0.3) is 5.91 Å². The molecule has 0 aliphatic heterocycles. The van der Waals surface area contributed by atoms with Gasteiger partial charge in [0.2, 0.25) is 0 Å². The lowest BCUT2D eigenvalue weighted by Crippen LogP contribution is -2.38. The van der Waals surface area contributed by atoms with Crippen molar-refractivity contribution in [2.24, 2.45) is 7.05 Å². The van der Waals surface area contributed by atoms with Gasteiger partial charge in [-0.25, -0.2) is 0 Å². The maximum absolute atomic E-state index is 12.2. The fourth-order valence-corrected chi connectivity index (χ4v) is 1.60. The highest BCUT2D eigenvalue weighted by Gasteiger charge is 2.24. The monoisotopic (exact) mass is 240 g/mol. The van der Waals surface area contributed by atoms with Crippen molar-refractivity contribution in [3.63, 3.8) is 0 Å². The third-order valence-electron chi connectivity index (χ3n) is 2.94. The molecule has 96 valence electrons.